The molecule has 0 amide bonds. The average Bonchev–Trinajstić information content (AvgIpc) is 2.94. The van der Waals surface area contributed by atoms with Crippen LogP contribution in [0, 0.1) is 13.8 Å². The first-order valence-corrected chi connectivity index (χ1v) is 9.60. The van der Waals surface area contributed by atoms with Gasteiger partial charge in [-0.25, -0.2) is 9.98 Å². The lowest BCUT2D eigenvalue weighted by Gasteiger charge is -2.06. The summed E-state index contributed by atoms with van der Waals surface area (Å²) in [6.07, 6.45) is 4.58. The first-order chi connectivity index (χ1) is 12.0. The third kappa shape index (κ3) is 4.10. The summed E-state index contributed by atoms with van der Waals surface area (Å²) in [5, 5.41) is 0. The maximum atomic E-state index is 4.55. The first kappa shape index (κ1) is 18.1. The Morgan fingerprint density at radius 2 is 1.72 bits per heavy atom. The fourth-order valence-electron chi connectivity index (χ4n) is 2.66. The van der Waals surface area contributed by atoms with E-state index in [-0.39, 0.29) is 0 Å². The standard InChI is InChI=1S/C20H19Br2N3/c1-13-10-15(4-6-17(13)21)8-9-23-20-24-12-19(25(20)3)16-5-7-18(22)14(2)11-16/h4-7,9-12H,8H2,1-3H3. The number of aromatic nitrogens is 2. The second-order valence-electron chi connectivity index (χ2n) is 6.07. The van der Waals surface area contributed by atoms with E-state index in [1.54, 1.807) is 0 Å². The molecule has 2 aromatic carbocycles. The van der Waals surface area contributed by atoms with Gasteiger partial charge in [0.15, 0.2) is 0 Å². The Hall–Kier alpha value is -1.72. The minimum absolute atomic E-state index is 0.712. The summed E-state index contributed by atoms with van der Waals surface area (Å²) in [5.74, 6) is 0.712. The molecule has 1 aromatic heterocycles. The van der Waals surface area contributed by atoms with Crippen molar-refractivity contribution in [2.24, 2.45) is 12.0 Å². The van der Waals surface area contributed by atoms with Crippen LogP contribution in [0.4, 0.5) is 5.95 Å². The zero-order valence-electron chi connectivity index (χ0n) is 14.4. The van der Waals surface area contributed by atoms with E-state index in [0.717, 1.165) is 26.6 Å². The highest BCUT2D eigenvalue weighted by Crippen LogP contribution is 2.27. The van der Waals surface area contributed by atoms with Crippen LogP contribution in [0.3, 0.4) is 0 Å². The molecule has 0 unspecified atom stereocenters. The largest absolute Gasteiger partial charge is 0.312 e. The number of imidazole rings is 1. The molecule has 25 heavy (non-hydrogen) atoms. The smallest absolute Gasteiger partial charge is 0.229 e. The summed E-state index contributed by atoms with van der Waals surface area (Å²) in [7, 11) is 2.00. The van der Waals surface area contributed by atoms with Crippen LogP contribution >= 0.6 is 31.9 Å². The second-order valence-corrected chi connectivity index (χ2v) is 7.77. The molecule has 0 radical (unpaired) electrons. The highest BCUT2D eigenvalue weighted by Gasteiger charge is 2.08. The van der Waals surface area contributed by atoms with Crippen LogP contribution in [0.15, 0.2) is 56.5 Å². The Balaban J connectivity index is 1.78. The lowest BCUT2D eigenvalue weighted by Crippen LogP contribution is -1.93. The van der Waals surface area contributed by atoms with E-state index in [9.17, 15) is 0 Å². The molecule has 3 nitrogen and oxygen atoms in total. The zero-order valence-corrected chi connectivity index (χ0v) is 17.6. The Morgan fingerprint density at radius 1 is 1.04 bits per heavy atom. The summed E-state index contributed by atoms with van der Waals surface area (Å²) >= 11 is 7.07. The normalized spacial score (nSPS) is 11.4. The highest BCUT2D eigenvalue weighted by molar-refractivity contribution is 9.10. The molecule has 3 aromatic rings. The molecule has 0 atom stereocenters. The quantitative estimate of drug-likeness (QED) is 0.428. The van der Waals surface area contributed by atoms with Crippen molar-refractivity contribution in [1.29, 1.82) is 0 Å². The van der Waals surface area contributed by atoms with E-state index < -0.39 is 0 Å². The Bertz CT molecular complexity index is 942. The number of rotatable bonds is 4. The van der Waals surface area contributed by atoms with Crippen molar-refractivity contribution >= 4 is 44.0 Å². The molecule has 0 aliphatic heterocycles. The summed E-state index contributed by atoms with van der Waals surface area (Å²) in [5.41, 5.74) is 5.87. The third-order valence-electron chi connectivity index (χ3n) is 4.17. The summed E-state index contributed by atoms with van der Waals surface area (Å²) in [6.45, 7) is 4.18. The maximum Gasteiger partial charge on any atom is 0.229 e. The number of aryl methyl sites for hydroxylation is 2. The van der Waals surface area contributed by atoms with Crippen molar-refractivity contribution in [3.8, 4) is 11.3 Å². The molecule has 0 aliphatic rings. The Morgan fingerprint density at radius 3 is 2.40 bits per heavy atom. The molecule has 128 valence electrons. The van der Waals surface area contributed by atoms with Gasteiger partial charge in [0.05, 0.1) is 11.9 Å². The Labute approximate surface area is 165 Å². The van der Waals surface area contributed by atoms with Gasteiger partial charge in [-0.1, -0.05) is 50.1 Å². The number of nitrogens with zero attached hydrogens (tertiary/aromatic N) is 3. The van der Waals surface area contributed by atoms with Crippen LogP contribution < -0.4 is 0 Å². The third-order valence-corrected chi connectivity index (χ3v) is 5.95. The van der Waals surface area contributed by atoms with Crippen LogP contribution in [0.5, 0.6) is 0 Å². The molecule has 0 fully saturated rings. The van der Waals surface area contributed by atoms with Gasteiger partial charge in [0, 0.05) is 34.2 Å². The lowest BCUT2D eigenvalue weighted by atomic mass is 10.1. The highest BCUT2D eigenvalue weighted by atomic mass is 79.9. The van der Waals surface area contributed by atoms with Gasteiger partial charge >= 0.3 is 0 Å². The predicted octanol–water partition coefficient (Wildman–Crippen LogP) is 6.17. The van der Waals surface area contributed by atoms with Crippen LogP contribution in [0.1, 0.15) is 16.7 Å². The number of benzene rings is 2. The van der Waals surface area contributed by atoms with Crippen LogP contribution in [-0.4, -0.2) is 15.8 Å². The molecule has 0 bridgehead atoms. The zero-order chi connectivity index (χ0) is 18.0. The fourth-order valence-corrected chi connectivity index (χ4v) is 3.15. The van der Waals surface area contributed by atoms with E-state index in [0.29, 0.717) is 5.95 Å². The van der Waals surface area contributed by atoms with Gasteiger partial charge in [0.2, 0.25) is 5.95 Å². The molecule has 3 rings (SSSR count). The Kier molecular flexibility index (Phi) is 5.54. The molecular weight excluding hydrogens is 442 g/mol. The van der Waals surface area contributed by atoms with Crippen molar-refractivity contribution < 1.29 is 0 Å². The molecule has 0 aliphatic carbocycles. The van der Waals surface area contributed by atoms with Crippen molar-refractivity contribution in [3.05, 3.63) is 68.2 Å². The molecule has 0 spiro atoms. The van der Waals surface area contributed by atoms with Gasteiger partial charge in [-0.2, -0.15) is 0 Å². The SMILES string of the molecule is Cc1cc(CC=Nc2ncc(-c3ccc(Br)c(C)c3)n2C)ccc1Br. The van der Waals surface area contributed by atoms with Gasteiger partial charge in [-0.3, -0.25) is 0 Å². The van der Waals surface area contributed by atoms with Gasteiger partial charge in [-0.05, 0) is 48.7 Å². The number of hydrogen-bond acceptors (Lipinski definition) is 2. The molecule has 1 heterocycles. The van der Waals surface area contributed by atoms with E-state index in [2.05, 4.69) is 92.1 Å². The minimum atomic E-state index is 0.712. The van der Waals surface area contributed by atoms with E-state index in [1.165, 1.54) is 16.7 Å². The monoisotopic (exact) mass is 459 g/mol. The summed E-state index contributed by atoms with van der Waals surface area (Å²) in [4.78, 5) is 9.00. The average molecular weight is 461 g/mol. The number of hydrogen-bond donors (Lipinski definition) is 0. The summed E-state index contributed by atoms with van der Waals surface area (Å²) in [6, 6.07) is 12.7. The van der Waals surface area contributed by atoms with Crippen LogP contribution in [0.2, 0.25) is 0 Å². The molecular formula is C20H19Br2N3. The topological polar surface area (TPSA) is 30.2 Å². The van der Waals surface area contributed by atoms with Crippen molar-refractivity contribution in [1.82, 2.24) is 9.55 Å². The van der Waals surface area contributed by atoms with E-state index in [1.807, 2.05) is 24.0 Å². The van der Waals surface area contributed by atoms with Crippen molar-refractivity contribution in [2.75, 3.05) is 0 Å². The molecule has 0 saturated carbocycles. The van der Waals surface area contributed by atoms with Crippen molar-refractivity contribution in [3.63, 3.8) is 0 Å². The van der Waals surface area contributed by atoms with Gasteiger partial charge in [0.1, 0.15) is 0 Å². The van der Waals surface area contributed by atoms with Crippen LogP contribution in [-0.2, 0) is 13.5 Å². The molecule has 5 heteroatoms. The van der Waals surface area contributed by atoms with Gasteiger partial charge < -0.3 is 4.57 Å². The predicted molar refractivity (Wildman–Crippen MR) is 112 cm³/mol. The summed E-state index contributed by atoms with van der Waals surface area (Å²) < 4.78 is 4.26. The first-order valence-electron chi connectivity index (χ1n) is 8.01. The molecule has 0 N–H and O–H groups in total. The minimum Gasteiger partial charge on any atom is -0.312 e. The maximum absolute atomic E-state index is 4.55. The van der Waals surface area contributed by atoms with Gasteiger partial charge in [0.25, 0.3) is 0 Å². The number of halogens is 2. The van der Waals surface area contributed by atoms with Crippen molar-refractivity contribution in [2.45, 2.75) is 20.3 Å². The van der Waals surface area contributed by atoms with Crippen LogP contribution in [0.25, 0.3) is 11.3 Å². The van der Waals surface area contributed by atoms with E-state index >= 15 is 0 Å². The number of aliphatic imine (C=N–C) groups is 1. The second kappa shape index (κ2) is 7.67. The molecule has 0 saturated heterocycles. The van der Waals surface area contributed by atoms with Gasteiger partial charge in [-0.15, -0.1) is 0 Å². The van der Waals surface area contributed by atoms with E-state index in [4.69, 9.17) is 0 Å². The fraction of sp³-hybridized carbons (Fsp3) is 0.200. The lowest BCUT2D eigenvalue weighted by molar-refractivity contribution is 0.919.